The second kappa shape index (κ2) is 7.31. The zero-order valence-electron chi connectivity index (χ0n) is 14.5. The van der Waals surface area contributed by atoms with Gasteiger partial charge in [0.1, 0.15) is 18.0 Å². The van der Waals surface area contributed by atoms with E-state index in [4.69, 9.17) is 9.47 Å². The number of hydrogen-bond acceptors (Lipinski definition) is 6. The van der Waals surface area contributed by atoms with Crippen LogP contribution < -0.4 is 20.1 Å². The summed E-state index contributed by atoms with van der Waals surface area (Å²) in [6.45, 7) is 3.73. The third-order valence-corrected chi connectivity index (χ3v) is 4.17. The first kappa shape index (κ1) is 16.2. The Morgan fingerprint density at radius 2 is 1.46 bits per heavy atom. The van der Waals surface area contributed by atoms with E-state index in [1.54, 1.807) is 6.33 Å². The van der Waals surface area contributed by atoms with Crippen LogP contribution in [-0.4, -0.2) is 16.8 Å². The fourth-order valence-electron chi connectivity index (χ4n) is 2.69. The normalized spacial score (nSPS) is 12.0. The minimum Gasteiger partial charge on any atom is -0.454 e. The van der Waals surface area contributed by atoms with E-state index in [2.05, 4.69) is 51.8 Å². The van der Waals surface area contributed by atoms with Crippen LogP contribution >= 0.6 is 0 Å². The Labute approximate surface area is 152 Å². The van der Waals surface area contributed by atoms with E-state index >= 15 is 0 Å². The summed E-state index contributed by atoms with van der Waals surface area (Å²) in [5.74, 6) is 3.13. The Kier molecular flexibility index (Phi) is 4.55. The van der Waals surface area contributed by atoms with Crippen LogP contribution in [0, 0.1) is 6.92 Å². The van der Waals surface area contributed by atoms with Gasteiger partial charge in [-0.2, -0.15) is 0 Å². The summed E-state index contributed by atoms with van der Waals surface area (Å²) in [6.07, 6.45) is 1.56. The standard InChI is InChI=1S/C20H20N4O2/c1-14-2-4-15(5-3-14)10-21-19-9-20(24-12-23-19)22-11-16-6-7-17-18(8-16)26-13-25-17/h2-9,12H,10-11,13H2,1H3,(H2,21,22,23,24). The van der Waals surface area contributed by atoms with Crippen LogP contribution in [0.3, 0.4) is 0 Å². The first-order valence-electron chi connectivity index (χ1n) is 8.50. The summed E-state index contributed by atoms with van der Waals surface area (Å²) in [6, 6.07) is 16.3. The summed E-state index contributed by atoms with van der Waals surface area (Å²) < 4.78 is 10.7. The molecular formula is C20H20N4O2. The number of ether oxygens (including phenoxy) is 2. The van der Waals surface area contributed by atoms with Gasteiger partial charge in [-0.15, -0.1) is 0 Å². The van der Waals surface area contributed by atoms with Crippen molar-refractivity contribution in [3.63, 3.8) is 0 Å². The number of nitrogens with zero attached hydrogens (tertiary/aromatic N) is 2. The first-order chi connectivity index (χ1) is 12.8. The minimum atomic E-state index is 0.286. The Balaban J connectivity index is 1.35. The molecule has 6 nitrogen and oxygen atoms in total. The lowest BCUT2D eigenvalue weighted by Gasteiger charge is -2.09. The quantitative estimate of drug-likeness (QED) is 0.707. The molecule has 2 aromatic carbocycles. The molecule has 2 heterocycles. The van der Waals surface area contributed by atoms with E-state index in [1.165, 1.54) is 11.1 Å². The minimum absolute atomic E-state index is 0.286. The summed E-state index contributed by atoms with van der Waals surface area (Å²) in [7, 11) is 0. The highest BCUT2D eigenvalue weighted by molar-refractivity contribution is 5.49. The van der Waals surface area contributed by atoms with E-state index in [9.17, 15) is 0 Å². The van der Waals surface area contributed by atoms with Gasteiger partial charge in [0.25, 0.3) is 0 Å². The van der Waals surface area contributed by atoms with Gasteiger partial charge >= 0.3 is 0 Å². The van der Waals surface area contributed by atoms with Gasteiger partial charge in [0.2, 0.25) is 6.79 Å². The molecule has 3 aromatic rings. The molecule has 0 radical (unpaired) electrons. The van der Waals surface area contributed by atoms with Gasteiger partial charge in [0, 0.05) is 19.2 Å². The Hall–Kier alpha value is -3.28. The van der Waals surface area contributed by atoms with Gasteiger partial charge in [-0.05, 0) is 30.2 Å². The molecule has 0 fully saturated rings. The van der Waals surface area contributed by atoms with Crippen molar-refractivity contribution in [3.8, 4) is 11.5 Å². The van der Waals surface area contributed by atoms with Gasteiger partial charge in [-0.3, -0.25) is 0 Å². The van der Waals surface area contributed by atoms with Crippen molar-refractivity contribution in [1.82, 2.24) is 9.97 Å². The molecule has 0 spiro atoms. The molecule has 6 heteroatoms. The van der Waals surface area contributed by atoms with E-state index in [0.717, 1.165) is 35.2 Å². The lowest BCUT2D eigenvalue weighted by molar-refractivity contribution is 0.174. The maximum atomic E-state index is 5.41. The maximum absolute atomic E-state index is 5.41. The topological polar surface area (TPSA) is 68.3 Å². The predicted molar refractivity (Wildman–Crippen MR) is 100 cm³/mol. The average molecular weight is 348 g/mol. The lowest BCUT2D eigenvalue weighted by atomic mass is 10.1. The number of fused-ring (bicyclic) bond motifs is 1. The fraction of sp³-hybridized carbons (Fsp3) is 0.200. The zero-order valence-corrected chi connectivity index (χ0v) is 14.5. The van der Waals surface area contributed by atoms with Crippen LogP contribution in [0.2, 0.25) is 0 Å². The number of aromatic nitrogens is 2. The second-order valence-corrected chi connectivity index (χ2v) is 6.17. The van der Waals surface area contributed by atoms with Crippen molar-refractivity contribution in [2.75, 3.05) is 17.4 Å². The van der Waals surface area contributed by atoms with Crippen molar-refractivity contribution in [2.45, 2.75) is 20.0 Å². The molecule has 0 amide bonds. The third-order valence-electron chi connectivity index (χ3n) is 4.17. The Morgan fingerprint density at radius 1 is 0.808 bits per heavy atom. The zero-order chi connectivity index (χ0) is 17.8. The molecule has 4 rings (SSSR count). The van der Waals surface area contributed by atoms with Crippen molar-refractivity contribution < 1.29 is 9.47 Å². The monoisotopic (exact) mass is 348 g/mol. The molecule has 1 aromatic heterocycles. The summed E-state index contributed by atoms with van der Waals surface area (Å²) in [4.78, 5) is 8.55. The molecule has 0 bridgehead atoms. The van der Waals surface area contributed by atoms with Crippen molar-refractivity contribution in [3.05, 3.63) is 71.5 Å². The summed E-state index contributed by atoms with van der Waals surface area (Å²) >= 11 is 0. The SMILES string of the molecule is Cc1ccc(CNc2cc(NCc3ccc4c(c3)OCO4)ncn2)cc1. The highest BCUT2D eigenvalue weighted by atomic mass is 16.7. The number of hydrogen-bond donors (Lipinski definition) is 2. The van der Waals surface area contributed by atoms with Gasteiger partial charge in [0.05, 0.1) is 0 Å². The Bertz CT molecular complexity index is 897. The van der Waals surface area contributed by atoms with Crippen molar-refractivity contribution in [1.29, 1.82) is 0 Å². The van der Waals surface area contributed by atoms with Gasteiger partial charge in [-0.1, -0.05) is 35.9 Å². The molecule has 0 unspecified atom stereocenters. The van der Waals surface area contributed by atoms with Crippen molar-refractivity contribution >= 4 is 11.6 Å². The van der Waals surface area contributed by atoms with Crippen LogP contribution in [0.1, 0.15) is 16.7 Å². The van der Waals surface area contributed by atoms with Gasteiger partial charge < -0.3 is 20.1 Å². The molecule has 26 heavy (non-hydrogen) atoms. The van der Waals surface area contributed by atoms with E-state index in [0.29, 0.717) is 6.54 Å². The van der Waals surface area contributed by atoms with Crippen LogP contribution in [0.15, 0.2) is 54.9 Å². The molecule has 2 N–H and O–H groups in total. The van der Waals surface area contributed by atoms with E-state index in [1.807, 2.05) is 24.3 Å². The molecule has 1 aliphatic rings. The predicted octanol–water partition coefficient (Wildman–Crippen LogP) is 3.74. The third kappa shape index (κ3) is 3.85. The average Bonchev–Trinajstić information content (AvgIpc) is 3.14. The summed E-state index contributed by atoms with van der Waals surface area (Å²) in [5.41, 5.74) is 3.57. The summed E-state index contributed by atoms with van der Waals surface area (Å²) in [5, 5.41) is 6.64. The maximum Gasteiger partial charge on any atom is 0.231 e. The molecule has 0 saturated heterocycles. The molecule has 0 aliphatic carbocycles. The van der Waals surface area contributed by atoms with E-state index in [-0.39, 0.29) is 6.79 Å². The van der Waals surface area contributed by atoms with Gasteiger partial charge in [0.15, 0.2) is 11.5 Å². The highest BCUT2D eigenvalue weighted by Gasteiger charge is 2.13. The molecule has 0 atom stereocenters. The van der Waals surface area contributed by atoms with E-state index < -0.39 is 0 Å². The fourth-order valence-corrected chi connectivity index (χ4v) is 2.69. The van der Waals surface area contributed by atoms with Gasteiger partial charge in [-0.25, -0.2) is 9.97 Å². The molecule has 132 valence electrons. The molecule has 1 aliphatic heterocycles. The van der Waals surface area contributed by atoms with Crippen LogP contribution in [0.4, 0.5) is 11.6 Å². The van der Waals surface area contributed by atoms with Crippen LogP contribution in [0.25, 0.3) is 0 Å². The first-order valence-corrected chi connectivity index (χ1v) is 8.50. The van der Waals surface area contributed by atoms with Crippen LogP contribution in [0.5, 0.6) is 11.5 Å². The largest absolute Gasteiger partial charge is 0.454 e. The lowest BCUT2D eigenvalue weighted by Crippen LogP contribution is -2.05. The number of rotatable bonds is 6. The number of benzene rings is 2. The number of aryl methyl sites for hydroxylation is 1. The number of anilines is 2. The van der Waals surface area contributed by atoms with Crippen LogP contribution in [-0.2, 0) is 13.1 Å². The second-order valence-electron chi connectivity index (χ2n) is 6.17. The highest BCUT2D eigenvalue weighted by Crippen LogP contribution is 2.32. The molecule has 0 saturated carbocycles. The van der Waals surface area contributed by atoms with Crippen molar-refractivity contribution in [2.24, 2.45) is 0 Å². The molecular weight excluding hydrogens is 328 g/mol. The smallest absolute Gasteiger partial charge is 0.231 e. The number of nitrogens with one attached hydrogen (secondary N) is 2. The Morgan fingerprint density at radius 3 is 2.23 bits per heavy atom.